The summed E-state index contributed by atoms with van der Waals surface area (Å²) in [7, 11) is 3.34. The number of phenols is 1. The van der Waals surface area contributed by atoms with Crippen LogP contribution in [0.3, 0.4) is 0 Å². The zero-order chi connectivity index (χ0) is 58.2. The van der Waals surface area contributed by atoms with Gasteiger partial charge in [0.25, 0.3) is 0 Å². The van der Waals surface area contributed by atoms with E-state index >= 15 is 4.79 Å². The standard InChI is InChI=1S/C67H97N5O10S2/c1-42(74)81-57-35-58(82-63(78)67-24-4-3-12-47(67)15-21-59(77)71-67)66(25-27-68-28-26-66)61-45(34-51-52(65(40-73)22-5-6-23-65)38-80-62-56(76)20-18-50(61)60(51)62)10-7-11-46-36-64(2,79)41-84-83-39-53(55(75)19-17-49(46)57)70-37-43-14-16-48-44(33-43)9-8-13-54(48)72-31-29-69-30-32-72/h8,13-14,16,18,20,43-49,51-55,57-58,61,68-70,73,75-76,79H,3-6,9,11-12,15,17,19,21-41H2,1-2H3,(H,71,77)/t43-,44-,45-,46+,47+,48+,49-,51+,52-,53+,54-,55+,57-,58+,61-,64-,67+/m0/s1. The van der Waals surface area contributed by atoms with Gasteiger partial charge in [0.2, 0.25) is 5.91 Å². The highest BCUT2D eigenvalue weighted by atomic mass is 33.1. The van der Waals surface area contributed by atoms with Crippen LogP contribution in [0.4, 0.5) is 0 Å². The Morgan fingerprint density at radius 1 is 0.917 bits per heavy atom. The minimum Gasteiger partial charge on any atom is -0.504 e. The number of phenolic OH excluding ortho intramolecular Hbond substituents is 1. The van der Waals surface area contributed by atoms with Crippen molar-refractivity contribution < 1.29 is 49.0 Å². The Kier molecular flexibility index (Phi) is 18.9. The number of aromatic hydroxyl groups is 1. The molecule has 5 heterocycles. The molecule has 17 heteroatoms. The lowest BCUT2D eigenvalue weighted by molar-refractivity contribution is -0.183. The third-order valence-corrected chi connectivity index (χ3v) is 25.9. The van der Waals surface area contributed by atoms with Crippen LogP contribution in [0.1, 0.15) is 165 Å². The summed E-state index contributed by atoms with van der Waals surface area (Å²) >= 11 is 0. The lowest BCUT2D eigenvalue weighted by atomic mass is 9.51. The van der Waals surface area contributed by atoms with E-state index < -0.39 is 52.7 Å². The summed E-state index contributed by atoms with van der Waals surface area (Å²) in [6, 6.07) is 4.02. The van der Waals surface area contributed by atoms with Crippen LogP contribution in [0.15, 0.2) is 36.4 Å². The van der Waals surface area contributed by atoms with Gasteiger partial charge in [-0.2, -0.15) is 0 Å². The summed E-state index contributed by atoms with van der Waals surface area (Å²) in [5, 5.41) is 62.6. The Hall–Kier alpha value is -3.31. The number of piperidine rings is 2. The number of ether oxygens (including phenoxy) is 3. The molecule has 0 radical (unpaired) electrons. The number of aliphatic hydroxyl groups is 3. The Balaban J connectivity index is 0.918. The van der Waals surface area contributed by atoms with Gasteiger partial charge in [-0.3, -0.25) is 14.5 Å². The van der Waals surface area contributed by atoms with Crippen molar-refractivity contribution in [1.82, 2.24) is 26.2 Å². The van der Waals surface area contributed by atoms with E-state index in [9.17, 15) is 30.0 Å². The molecule has 6 fully saturated rings. The Bertz CT molecular complexity index is 2640. The highest BCUT2D eigenvalue weighted by Gasteiger charge is 2.61. The number of hydrogen-bond donors (Lipinski definition) is 8. The minimum absolute atomic E-state index is 0.0101. The normalized spacial score (nSPS) is 40.3. The number of amides is 1. The molecule has 0 aromatic heterocycles. The second-order valence-electron chi connectivity index (χ2n) is 28.3. The van der Waals surface area contributed by atoms with Crippen molar-refractivity contribution in [1.29, 1.82) is 0 Å². The molecule has 15 nitrogen and oxygen atoms in total. The molecule has 1 aromatic carbocycles. The molecule has 1 spiro atoms. The molecule has 462 valence electrons. The Morgan fingerprint density at radius 3 is 2.51 bits per heavy atom. The number of benzene rings is 1. The first-order valence-corrected chi connectivity index (χ1v) is 35.3. The molecular formula is C67H97N5O10S2. The van der Waals surface area contributed by atoms with Gasteiger partial charge >= 0.3 is 11.9 Å². The van der Waals surface area contributed by atoms with Crippen molar-refractivity contribution in [2.45, 2.75) is 196 Å². The third-order valence-electron chi connectivity index (χ3n) is 23.3. The quantitative estimate of drug-likeness (QED) is 0.0511. The maximum atomic E-state index is 15.9. The van der Waals surface area contributed by atoms with Gasteiger partial charge in [-0.25, -0.2) is 4.79 Å². The van der Waals surface area contributed by atoms with Crippen LogP contribution in [0.2, 0.25) is 0 Å². The predicted octanol–water partition coefficient (Wildman–Crippen LogP) is 7.90. The number of carbonyl (C=O) groups excluding carboxylic acids is 3. The highest BCUT2D eigenvalue weighted by Crippen LogP contribution is 2.65. The van der Waals surface area contributed by atoms with Gasteiger partial charge in [-0.15, -0.1) is 5.92 Å². The van der Waals surface area contributed by atoms with E-state index in [1.54, 1.807) is 27.7 Å². The summed E-state index contributed by atoms with van der Waals surface area (Å²) in [5.74, 6) is 8.50. The molecule has 1 aromatic rings. The molecule has 12 rings (SSSR count). The molecule has 0 bridgehead atoms. The van der Waals surface area contributed by atoms with Crippen LogP contribution in [0, 0.1) is 70.0 Å². The Morgan fingerprint density at radius 2 is 1.71 bits per heavy atom. The van der Waals surface area contributed by atoms with E-state index in [0.29, 0.717) is 125 Å². The van der Waals surface area contributed by atoms with Crippen molar-refractivity contribution in [3.63, 3.8) is 0 Å². The van der Waals surface area contributed by atoms with Gasteiger partial charge in [0.1, 0.15) is 17.7 Å². The molecule has 8 N–H and O–H groups in total. The predicted molar refractivity (Wildman–Crippen MR) is 328 cm³/mol. The smallest absolute Gasteiger partial charge is 0.332 e. The van der Waals surface area contributed by atoms with Crippen LogP contribution in [0.25, 0.3) is 0 Å². The number of hydrogen-bond acceptors (Lipinski definition) is 16. The number of nitrogens with zero attached hydrogens (tertiary/aromatic N) is 1. The molecule has 17 atom stereocenters. The summed E-state index contributed by atoms with van der Waals surface area (Å²) in [6.07, 6.45) is 21.2. The average Bonchev–Trinajstić information content (AvgIpc) is 0.982. The Labute approximate surface area is 507 Å². The average molecular weight is 1200 g/mol. The van der Waals surface area contributed by atoms with Gasteiger partial charge in [0.15, 0.2) is 11.5 Å². The van der Waals surface area contributed by atoms with Gasteiger partial charge in [-0.1, -0.05) is 83.6 Å². The number of aliphatic hydroxyl groups excluding tert-OH is 2. The van der Waals surface area contributed by atoms with Crippen molar-refractivity contribution in [2.75, 3.05) is 70.5 Å². The molecule has 2 saturated carbocycles. The van der Waals surface area contributed by atoms with Crippen LogP contribution >= 0.6 is 21.6 Å². The number of esters is 2. The van der Waals surface area contributed by atoms with Crippen LogP contribution < -0.4 is 26.0 Å². The van der Waals surface area contributed by atoms with Crippen molar-refractivity contribution in [3.05, 3.63) is 47.6 Å². The first kappa shape index (κ1) is 61.0. The summed E-state index contributed by atoms with van der Waals surface area (Å²) < 4.78 is 20.9. The minimum atomic E-state index is -1.19. The molecule has 6 aliphatic carbocycles. The highest BCUT2D eigenvalue weighted by molar-refractivity contribution is 8.76. The van der Waals surface area contributed by atoms with E-state index in [2.05, 4.69) is 68.4 Å². The fraction of sp³-hybridized carbons (Fsp3) is 0.776. The second-order valence-corrected chi connectivity index (χ2v) is 30.8. The monoisotopic (exact) mass is 1200 g/mol. The van der Waals surface area contributed by atoms with Crippen molar-refractivity contribution >= 4 is 39.4 Å². The first-order valence-electron chi connectivity index (χ1n) is 32.9. The van der Waals surface area contributed by atoms with Gasteiger partial charge in [0.05, 0.1) is 18.3 Å². The number of allylic oxidation sites excluding steroid dienone is 1. The van der Waals surface area contributed by atoms with Crippen molar-refractivity contribution in [2.24, 2.45) is 58.2 Å². The fourth-order valence-electron chi connectivity index (χ4n) is 19.1. The van der Waals surface area contributed by atoms with Crippen LogP contribution in [-0.4, -0.2) is 155 Å². The van der Waals surface area contributed by atoms with Gasteiger partial charge in [-0.05, 0) is 151 Å². The van der Waals surface area contributed by atoms with Crippen LogP contribution in [-0.2, 0) is 23.9 Å². The molecule has 1 amide bonds. The molecular weight excluding hydrogens is 1100 g/mol. The van der Waals surface area contributed by atoms with E-state index in [4.69, 9.17) is 14.2 Å². The first-order chi connectivity index (χ1) is 40.7. The van der Waals surface area contributed by atoms with Gasteiger partial charge in [0, 0.05) is 129 Å². The van der Waals surface area contributed by atoms with Crippen molar-refractivity contribution in [3.8, 4) is 23.3 Å². The molecule has 11 aliphatic rings. The second kappa shape index (κ2) is 26.0. The van der Waals surface area contributed by atoms with Gasteiger partial charge < -0.3 is 55.9 Å². The van der Waals surface area contributed by atoms with E-state index in [0.717, 1.165) is 102 Å². The van der Waals surface area contributed by atoms with E-state index in [1.165, 1.54) is 6.92 Å². The molecule has 0 unspecified atom stereocenters. The molecule has 4 saturated heterocycles. The zero-order valence-corrected chi connectivity index (χ0v) is 51.7. The number of fused-ring (bicyclic) bond motifs is 6. The zero-order valence-electron chi connectivity index (χ0n) is 50.0. The number of rotatable bonds is 9. The topological polar surface area (TPSA) is 211 Å². The largest absolute Gasteiger partial charge is 0.504 e. The number of piperazine rings is 1. The molecule has 84 heavy (non-hydrogen) atoms. The van der Waals surface area contributed by atoms with E-state index in [-0.39, 0.29) is 71.6 Å². The SMILES string of the molecule is CC(=O)O[C@H]1C[C@@H](OC(=O)[C@@]23CCCC[C@@H]2CCC(=O)N3)C2(CCNCC2)[C@@H]2c3ccc(O)c4c3[C@H](C[C@@H]2C#CC[C@@H]2C[C@](C)(O)CSSC[C@@H](NC[C@H]3C=C[C@@H]5[C@@H](CC=C[C@@H]5N5CCNCC5)C3)[C@H](O)CC[C@@H]21)[C@@H](C1(CO)CCCC1)CO4. The van der Waals surface area contributed by atoms with Crippen LogP contribution in [0.5, 0.6) is 11.5 Å². The maximum absolute atomic E-state index is 15.9. The molecule has 5 aliphatic heterocycles. The number of nitrogens with one attached hydrogen (secondary N) is 4. The summed E-state index contributed by atoms with van der Waals surface area (Å²) in [6.45, 7) is 10.0. The fourth-order valence-corrected chi connectivity index (χ4v) is 21.8. The lowest BCUT2D eigenvalue weighted by Crippen LogP contribution is -2.65. The summed E-state index contributed by atoms with van der Waals surface area (Å²) in [4.78, 5) is 46.0. The number of carbonyl (C=O) groups is 3. The lowest BCUT2D eigenvalue weighted by Gasteiger charge is -2.56. The maximum Gasteiger partial charge on any atom is 0.332 e. The van der Waals surface area contributed by atoms with E-state index in [1.807, 2.05) is 6.92 Å². The third kappa shape index (κ3) is 12.3. The summed E-state index contributed by atoms with van der Waals surface area (Å²) in [5.41, 5.74) is -1.42.